The van der Waals surface area contributed by atoms with E-state index in [2.05, 4.69) is 10.6 Å². The van der Waals surface area contributed by atoms with Gasteiger partial charge in [-0.15, -0.1) is 0 Å². The third kappa shape index (κ3) is 4.90. The lowest BCUT2D eigenvalue weighted by Gasteiger charge is -2.13. The molecule has 1 rings (SSSR count). The number of hydrogen-bond donors (Lipinski definition) is 3. The second-order valence-electron chi connectivity index (χ2n) is 4.11. The molecular formula is C12H13N3O6. The quantitative estimate of drug-likeness (QED) is 0.495. The van der Waals surface area contributed by atoms with E-state index in [0.29, 0.717) is 0 Å². The number of non-ortho nitro benzene ring substituents is 1. The van der Waals surface area contributed by atoms with Crippen LogP contribution in [0.1, 0.15) is 17.3 Å². The molecule has 0 radical (unpaired) electrons. The molecule has 0 bridgehead atoms. The minimum absolute atomic E-state index is 0.0297. The highest BCUT2D eigenvalue weighted by atomic mass is 16.6. The van der Waals surface area contributed by atoms with Gasteiger partial charge < -0.3 is 15.7 Å². The zero-order valence-electron chi connectivity index (χ0n) is 11.0. The molecule has 0 aliphatic heterocycles. The number of nitrogens with zero attached hydrogens (tertiary/aromatic N) is 1. The van der Waals surface area contributed by atoms with Crippen molar-refractivity contribution in [2.75, 3.05) is 6.54 Å². The number of aliphatic carboxylic acids is 1. The van der Waals surface area contributed by atoms with Gasteiger partial charge in [-0.3, -0.25) is 24.5 Å². The number of carbonyl (C=O) groups is 3. The number of amides is 2. The van der Waals surface area contributed by atoms with Gasteiger partial charge in [-0.25, -0.2) is 0 Å². The molecule has 0 aliphatic rings. The van der Waals surface area contributed by atoms with Crippen LogP contribution >= 0.6 is 0 Å². The molecule has 1 atom stereocenters. The van der Waals surface area contributed by atoms with E-state index < -0.39 is 35.3 Å². The minimum atomic E-state index is -1.21. The summed E-state index contributed by atoms with van der Waals surface area (Å²) in [7, 11) is 0. The van der Waals surface area contributed by atoms with Gasteiger partial charge in [0.15, 0.2) is 0 Å². The highest BCUT2D eigenvalue weighted by molar-refractivity contribution is 5.98. The Kier molecular flexibility index (Phi) is 5.35. The molecule has 9 heteroatoms. The van der Waals surface area contributed by atoms with Crippen LogP contribution in [0.15, 0.2) is 24.3 Å². The zero-order chi connectivity index (χ0) is 16.0. The van der Waals surface area contributed by atoms with Gasteiger partial charge in [-0.1, -0.05) is 6.07 Å². The summed E-state index contributed by atoms with van der Waals surface area (Å²) in [5, 5.41) is 23.5. The fourth-order valence-corrected chi connectivity index (χ4v) is 1.42. The molecule has 0 saturated heterocycles. The Bertz CT molecular complexity index is 586. The number of hydrogen-bond acceptors (Lipinski definition) is 5. The van der Waals surface area contributed by atoms with Gasteiger partial charge >= 0.3 is 5.97 Å². The summed E-state index contributed by atoms with van der Waals surface area (Å²) in [5.41, 5.74) is -0.215. The van der Waals surface area contributed by atoms with Crippen LogP contribution in [-0.4, -0.2) is 40.4 Å². The van der Waals surface area contributed by atoms with E-state index >= 15 is 0 Å². The van der Waals surface area contributed by atoms with Crippen LogP contribution < -0.4 is 10.6 Å². The SMILES string of the molecule is CC(NC(=O)c1cccc([N+](=O)[O-])c1)C(=O)NCC(=O)O. The first kappa shape index (κ1) is 16.1. The van der Waals surface area contributed by atoms with E-state index in [-0.39, 0.29) is 11.3 Å². The molecule has 1 aromatic rings. The Morgan fingerprint density at radius 3 is 2.62 bits per heavy atom. The molecule has 0 fully saturated rings. The first-order chi connectivity index (χ1) is 9.81. The van der Waals surface area contributed by atoms with Crippen LogP contribution in [0.2, 0.25) is 0 Å². The van der Waals surface area contributed by atoms with Gasteiger partial charge in [0.05, 0.1) is 4.92 Å². The summed E-state index contributed by atoms with van der Waals surface area (Å²) in [4.78, 5) is 43.6. The van der Waals surface area contributed by atoms with E-state index in [0.717, 1.165) is 6.07 Å². The van der Waals surface area contributed by atoms with Gasteiger partial charge in [-0.05, 0) is 13.0 Å². The Labute approximate surface area is 119 Å². The van der Waals surface area contributed by atoms with Crippen LogP contribution in [0.25, 0.3) is 0 Å². The number of carboxylic acid groups (broad SMARTS) is 1. The van der Waals surface area contributed by atoms with E-state index in [1.165, 1.54) is 25.1 Å². The molecule has 9 nitrogen and oxygen atoms in total. The second kappa shape index (κ2) is 6.98. The largest absolute Gasteiger partial charge is 0.480 e. The number of carbonyl (C=O) groups excluding carboxylic acids is 2. The number of carboxylic acids is 1. The summed E-state index contributed by atoms with van der Waals surface area (Å²) >= 11 is 0. The van der Waals surface area contributed by atoms with Crippen molar-refractivity contribution in [2.45, 2.75) is 13.0 Å². The Morgan fingerprint density at radius 2 is 2.05 bits per heavy atom. The lowest BCUT2D eigenvalue weighted by atomic mass is 10.1. The smallest absolute Gasteiger partial charge is 0.322 e. The van der Waals surface area contributed by atoms with Crippen LogP contribution in [-0.2, 0) is 9.59 Å². The fourth-order valence-electron chi connectivity index (χ4n) is 1.42. The summed E-state index contributed by atoms with van der Waals surface area (Å²) < 4.78 is 0. The van der Waals surface area contributed by atoms with Gasteiger partial charge in [0.2, 0.25) is 5.91 Å². The molecular weight excluding hydrogens is 282 g/mol. The molecule has 1 unspecified atom stereocenters. The van der Waals surface area contributed by atoms with Crippen molar-refractivity contribution < 1.29 is 24.4 Å². The third-order valence-corrected chi connectivity index (χ3v) is 2.47. The summed E-state index contributed by atoms with van der Waals surface area (Å²) in [6.07, 6.45) is 0. The van der Waals surface area contributed by atoms with Gasteiger partial charge in [-0.2, -0.15) is 0 Å². The monoisotopic (exact) mass is 295 g/mol. The molecule has 0 aromatic heterocycles. The number of nitro groups is 1. The third-order valence-electron chi connectivity index (χ3n) is 2.47. The van der Waals surface area contributed by atoms with Crippen molar-refractivity contribution in [3.63, 3.8) is 0 Å². The number of rotatable bonds is 6. The van der Waals surface area contributed by atoms with Crippen molar-refractivity contribution in [1.82, 2.24) is 10.6 Å². The van der Waals surface area contributed by atoms with E-state index in [1.807, 2.05) is 0 Å². The van der Waals surface area contributed by atoms with Crippen molar-refractivity contribution in [1.29, 1.82) is 0 Å². The maximum absolute atomic E-state index is 11.8. The van der Waals surface area contributed by atoms with Crippen molar-refractivity contribution >= 4 is 23.5 Å². The first-order valence-corrected chi connectivity index (χ1v) is 5.86. The molecule has 0 saturated carbocycles. The lowest BCUT2D eigenvalue weighted by Crippen LogP contribution is -2.46. The molecule has 0 spiro atoms. The fraction of sp³-hybridized carbons (Fsp3) is 0.250. The van der Waals surface area contributed by atoms with Crippen molar-refractivity contribution in [3.8, 4) is 0 Å². The Morgan fingerprint density at radius 1 is 1.38 bits per heavy atom. The maximum Gasteiger partial charge on any atom is 0.322 e. The van der Waals surface area contributed by atoms with E-state index in [4.69, 9.17) is 5.11 Å². The average Bonchev–Trinajstić information content (AvgIpc) is 2.44. The van der Waals surface area contributed by atoms with Gasteiger partial charge in [0, 0.05) is 17.7 Å². The summed E-state index contributed by atoms with van der Waals surface area (Å²) in [6, 6.07) is 4.06. The maximum atomic E-state index is 11.8. The van der Waals surface area contributed by atoms with Crippen LogP contribution in [0.4, 0.5) is 5.69 Å². The van der Waals surface area contributed by atoms with Crippen molar-refractivity contribution in [2.24, 2.45) is 0 Å². The predicted octanol–water partition coefficient (Wildman–Crippen LogP) is -0.0861. The van der Waals surface area contributed by atoms with E-state index in [9.17, 15) is 24.5 Å². The average molecular weight is 295 g/mol. The molecule has 0 heterocycles. The zero-order valence-corrected chi connectivity index (χ0v) is 11.0. The standard InChI is InChI=1S/C12H13N3O6/c1-7(11(18)13-6-10(16)17)14-12(19)8-3-2-4-9(5-8)15(20)21/h2-5,7H,6H2,1H3,(H,13,18)(H,14,19)(H,16,17). The van der Waals surface area contributed by atoms with Gasteiger partial charge in [0.25, 0.3) is 11.6 Å². The molecule has 3 N–H and O–H groups in total. The Hall–Kier alpha value is -2.97. The highest BCUT2D eigenvalue weighted by Crippen LogP contribution is 2.12. The predicted molar refractivity (Wildman–Crippen MR) is 70.7 cm³/mol. The van der Waals surface area contributed by atoms with Crippen LogP contribution in [0, 0.1) is 10.1 Å². The number of nitrogens with one attached hydrogen (secondary N) is 2. The first-order valence-electron chi connectivity index (χ1n) is 5.86. The molecule has 1 aromatic carbocycles. The topological polar surface area (TPSA) is 139 Å². The molecule has 112 valence electrons. The van der Waals surface area contributed by atoms with Gasteiger partial charge in [0.1, 0.15) is 12.6 Å². The van der Waals surface area contributed by atoms with Crippen LogP contribution in [0.5, 0.6) is 0 Å². The van der Waals surface area contributed by atoms with E-state index in [1.54, 1.807) is 0 Å². The highest BCUT2D eigenvalue weighted by Gasteiger charge is 2.18. The number of nitro benzene ring substituents is 1. The second-order valence-corrected chi connectivity index (χ2v) is 4.11. The Balaban J connectivity index is 2.68. The normalized spacial score (nSPS) is 11.3. The summed E-state index contributed by atoms with van der Waals surface area (Å²) in [6.45, 7) is 0.808. The lowest BCUT2D eigenvalue weighted by molar-refractivity contribution is -0.384. The molecule has 0 aliphatic carbocycles. The van der Waals surface area contributed by atoms with Crippen molar-refractivity contribution in [3.05, 3.63) is 39.9 Å². The summed E-state index contributed by atoms with van der Waals surface area (Å²) in [5.74, 6) is -2.55. The molecule has 2 amide bonds. The number of benzene rings is 1. The minimum Gasteiger partial charge on any atom is -0.480 e. The molecule has 21 heavy (non-hydrogen) atoms. The van der Waals surface area contributed by atoms with Crippen LogP contribution in [0.3, 0.4) is 0 Å².